The Morgan fingerprint density at radius 3 is 1.67 bits per heavy atom. The Morgan fingerprint density at radius 2 is 1.67 bits per heavy atom. The Bertz CT molecular complexity index is 31.8. The molecule has 0 aliphatic heterocycles. The Hall–Kier alpha value is 0.755. The van der Waals surface area contributed by atoms with Gasteiger partial charge in [-0.1, -0.05) is 0 Å². The van der Waals surface area contributed by atoms with Crippen LogP contribution in [0.15, 0.2) is 0 Å². The van der Waals surface area contributed by atoms with Crippen molar-refractivity contribution in [3.63, 3.8) is 0 Å². The second-order valence-corrected chi connectivity index (χ2v) is 0.519. The van der Waals surface area contributed by atoms with E-state index in [2.05, 4.69) is 0 Å². The standard InChI is InChI=1S/C2H4O2.Gd.H2O/c1-2(3)4;;/h1H3,(H,3,4);;1H2/q;+3;. The third kappa shape index (κ3) is 118. The molecule has 0 aliphatic rings. The normalized spacial score (nSPS) is 4.17. The fourth-order valence-corrected chi connectivity index (χ4v) is 0. The first kappa shape index (κ1) is 15.9. The molecule has 0 rings (SSSR count). The van der Waals surface area contributed by atoms with Gasteiger partial charge in [-0.2, -0.15) is 0 Å². The Morgan fingerprint density at radius 1 is 1.67 bits per heavy atom. The summed E-state index contributed by atoms with van der Waals surface area (Å²) in [7, 11) is 0. The Balaban J connectivity index is -0.0000000450. The van der Waals surface area contributed by atoms with Crippen LogP contribution in [0, 0.1) is 39.9 Å². The number of carboxylic acids is 1. The minimum atomic E-state index is -0.833. The largest absolute Gasteiger partial charge is 3.00 e. The minimum absolute atomic E-state index is 0. The zero-order valence-corrected chi connectivity index (χ0v) is 5.48. The van der Waals surface area contributed by atoms with Crippen molar-refractivity contribution in [2.75, 3.05) is 0 Å². The molecule has 0 aromatic carbocycles. The zero-order chi connectivity index (χ0) is 3.58. The van der Waals surface area contributed by atoms with Crippen LogP contribution in [0.25, 0.3) is 0 Å². The van der Waals surface area contributed by atoms with E-state index in [9.17, 15) is 0 Å². The number of aliphatic carboxylic acids is 1. The van der Waals surface area contributed by atoms with Crippen LogP contribution in [-0.4, -0.2) is 16.6 Å². The second kappa shape index (κ2) is 9.23. The van der Waals surface area contributed by atoms with Crippen LogP contribution in [0.4, 0.5) is 0 Å². The molecular formula is C2H6GdO3+3. The third-order valence-corrected chi connectivity index (χ3v) is 0. The van der Waals surface area contributed by atoms with E-state index in [1.807, 2.05) is 0 Å². The average Bonchev–Trinajstić information content (AvgIpc) is 0.811. The molecule has 0 aromatic rings. The summed E-state index contributed by atoms with van der Waals surface area (Å²) in [5, 5.41) is 7.42. The SMILES string of the molecule is CC(=O)O.O.[Gd+3]. The molecule has 0 saturated carbocycles. The number of hydrogen-bond donors (Lipinski definition) is 1. The molecule has 0 unspecified atom stereocenters. The molecule has 0 atom stereocenters. The molecule has 0 bridgehead atoms. The predicted molar refractivity (Wildman–Crippen MR) is 16.9 cm³/mol. The van der Waals surface area contributed by atoms with E-state index in [0.717, 1.165) is 6.92 Å². The van der Waals surface area contributed by atoms with Crippen molar-refractivity contribution < 1.29 is 55.3 Å². The van der Waals surface area contributed by atoms with Gasteiger partial charge >= 0.3 is 39.9 Å². The fourth-order valence-electron chi connectivity index (χ4n) is 0. The van der Waals surface area contributed by atoms with E-state index in [4.69, 9.17) is 9.90 Å². The molecule has 6 heavy (non-hydrogen) atoms. The molecule has 0 aromatic heterocycles. The molecule has 37 valence electrons. The minimum Gasteiger partial charge on any atom is -0.481 e. The molecule has 3 N–H and O–H groups in total. The van der Waals surface area contributed by atoms with Crippen molar-refractivity contribution in [3.8, 4) is 0 Å². The van der Waals surface area contributed by atoms with Gasteiger partial charge in [-0.15, -0.1) is 0 Å². The molecule has 4 heteroatoms. The monoisotopic (exact) mass is 236 g/mol. The molecule has 3 nitrogen and oxygen atoms in total. The maximum Gasteiger partial charge on any atom is 3.00 e. The Labute approximate surface area is 67.7 Å². The van der Waals surface area contributed by atoms with Crippen LogP contribution in [0.5, 0.6) is 0 Å². The number of rotatable bonds is 0. The fraction of sp³-hybridized carbons (Fsp3) is 0.500. The first-order valence-corrected chi connectivity index (χ1v) is 0.928. The van der Waals surface area contributed by atoms with Crippen LogP contribution in [0.2, 0.25) is 0 Å². The van der Waals surface area contributed by atoms with Crippen molar-refractivity contribution >= 4 is 5.97 Å². The van der Waals surface area contributed by atoms with Gasteiger partial charge in [0.15, 0.2) is 0 Å². The third-order valence-electron chi connectivity index (χ3n) is 0. The van der Waals surface area contributed by atoms with E-state index >= 15 is 0 Å². The number of carboxylic acid groups (broad SMARTS) is 1. The first-order valence-electron chi connectivity index (χ1n) is 0.928. The van der Waals surface area contributed by atoms with E-state index in [1.165, 1.54) is 0 Å². The van der Waals surface area contributed by atoms with E-state index in [1.54, 1.807) is 0 Å². The molecule has 0 fully saturated rings. The predicted octanol–water partition coefficient (Wildman–Crippen LogP) is -0.734. The Kier molecular flexibility index (Phi) is 24.4. The molecule has 0 saturated heterocycles. The van der Waals surface area contributed by atoms with Crippen LogP contribution >= 0.6 is 0 Å². The quantitative estimate of drug-likeness (QED) is 0.601. The van der Waals surface area contributed by atoms with E-state index < -0.39 is 5.97 Å². The first-order chi connectivity index (χ1) is 1.73. The second-order valence-electron chi connectivity index (χ2n) is 0.519. The maximum absolute atomic E-state index is 9.00. The maximum atomic E-state index is 9.00. The summed E-state index contributed by atoms with van der Waals surface area (Å²) >= 11 is 0. The van der Waals surface area contributed by atoms with Gasteiger partial charge in [0.1, 0.15) is 0 Å². The number of carbonyl (C=O) groups is 1. The summed E-state index contributed by atoms with van der Waals surface area (Å²) < 4.78 is 0. The van der Waals surface area contributed by atoms with Crippen molar-refractivity contribution in [2.45, 2.75) is 6.92 Å². The van der Waals surface area contributed by atoms with Gasteiger partial charge in [0, 0.05) is 6.92 Å². The van der Waals surface area contributed by atoms with Crippen LogP contribution in [-0.2, 0) is 4.79 Å². The zero-order valence-electron chi connectivity index (χ0n) is 3.21. The summed E-state index contributed by atoms with van der Waals surface area (Å²) in [4.78, 5) is 9.00. The van der Waals surface area contributed by atoms with Crippen molar-refractivity contribution in [2.24, 2.45) is 0 Å². The van der Waals surface area contributed by atoms with E-state index in [-0.39, 0.29) is 45.4 Å². The van der Waals surface area contributed by atoms with Gasteiger partial charge in [-0.05, 0) is 0 Å². The average molecular weight is 235 g/mol. The molecule has 0 aliphatic carbocycles. The number of hydrogen-bond acceptors (Lipinski definition) is 1. The summed E-state index contributed by atoms with van der Waals surface area (Å²) in [5.41, 5.74) is 0. The van der Waals surface area contributed by atoms with Gasteiger partial charge in [-0.25, -0.2) is 0 Å². The van der Waals surface area contributed by atoms with Gasteiger partial charge in [0.05, 0.1) is 0 Å². The topological polar surface area (TPSA) is 68.8 Å². The van der Waals surface area contributed by atoms with Crippen molar-refractivity contribution in [1.82, 2.24) is 0 Å². The van der Waals surface area contributed by atoms with Gasteiger partial charge in [-0.3, -0.25) is 4.79 Å². The molecular weight excluding hydrogens is 229 g/mol. The molecule has 0 spiro atoms. The van der Waals surface area contributed by atoms with Crippen LogP contribution < -0.4 is 0 Å². The summed E-state index contributed by atoms with van der Waals surface area (Å²) in [5.74, 6) is -0.833. The van der Waals surface area contributed by atoms with Crippen molar-refractivity contribution in [3.05, 3.63) is 0 Å². The summed E-state index contributed by atoms with van der Waals surface area (Å²) in [6.45, 7) is 1.08. The van der Waals surface area contributed by atoms with Crippen LogP contribution in [0.3, 0.4) is 0 Å². The van der Waals surface area contributed by atoms with E-state index in [0.29, 0.717) is 0 Å². The molecule has 0 amide bonds. The smallest absolute Gasteiger partial charge is 0.481 e. The van der Waals surface area contributed by atoms with Gasteiger partial charge < -0.3 is 10.6 Å². The molecule has 1 radical (unpaired) electrons. The molecule has 0 heterocycles. The summed E-state index contributed by atoms with van der Waals surface area (Å²) in [6, 6.07) is 0. The summed E-state index contributed by atoms with van der Waals surface area (Å²) in [6.07, 6.45) is 0. The van der Waals surface area contributed by atoms with Crippen LogP contribution in [0.1, 0.15) is 6.92 Å². The van der Waals surface area contributed by atoms with Gasteiger partial charge in [0.25, 0.3) is 5.97 Å². The van der Waals surface area contributed by atoms with Crippen molar-refractivity contribution in [1.29, 1.82) is 0 Å². The van der Waals surface area contributed by atoms with Gasteiger partial charge in [0.2, 0.25) is 0 Å².